The molecule has 0 unspecified atom stereocenters. The molecule has 2 fully saturated rings. The van der Waals surface area contributed by atoms with Crippen molar-refractivity contribution in [3.8, 4) is 11.5 Å². The van der Waals surface area contributed by atoms with Crippen LogP contribution in [0.2, 0.25) is 0 Å². The van der Waals surface area contributed by atoms with Crippen LogP contribution in [0.1, 0.15) is 31.2 Å². The molecule has 0 spiro atoms. The molecule has 136 valence electrons. The second-order valence-electron chi connectivity index (χ2n) is 7.11. The molecule has 5 nitrogen and oxygen atoms in total. The van der Waals surface area contributed by atoms with Gasteiger partial charge in [0.25, 0.3) is 0 Å². The Morgan fingerprint density at radius 2 is 1.88 bits per heavy atom. The third-order valence-corrected chi connectivity index (χ3v) is 5.23. The molecule has 0 bridgehead atoms. The van der Waals surface area contributed by atoms with Crippen molar-refractivity contribution in [3.63, 3.8) is 0 Å². The molecular formula is C18H22F2N2O3. The zero-order chi connectivity index (χ0) is 17.4. The molecule has 25 heavy (non-hydrogen) atoms. The highest BCUT2D eigenvalue weighted by atomic mass is 19.3. The summed E-state index contributed by atoms with van der Waals surface area (Å²) in [6, 6.07) is 4.97. The number of amides is 1. The second-order valence-corrected chi connectivity index (χ2v) is 7.11. The minimum Gasteiger partial charge on any atom is -0.395 e. The van der Waals surface area contributed by atoms with Gasteiger partial charge < -0.3 is 14.4 Å². The van der Waals surface area contributed by atoms with E-state index in [1.165, 1.54) is 6.07 Å². The molecule has 3 aliphatic rings. The van der Waals surface area contributed by atoms with Crippen molar-refractivity contribution < 1.29 is 23.0 Å². The highest BCUT2D eigenvalue weighted by Crippen LogP contribution is 2.41. The van der Waals surface area contributed by atoms with Crippen LogP contribution in [0.3, 0.4) is 0 Å². The van der Waals surface area contributed by atoms with E-state index in [4.69, 9.17) is 0 Å². The number of rotatable bonds is 4. The van der Waals surface area contributed by atoms with Crippen molar-refractivity contribution in [1.82, 2.24) is 9.80 Å². The molecule has 0 radical (unpaired) electrons. The van der Waals surface area contributed by atoms with Gasteiger partial charge in [0.05, 0.1) is 0 Å². The third-order valence-electron chi connectivity index (χ3n) is 5.23. The van der Waals surface area contributed by atoms with Gasteiger partial charge in [-0.05, 0) is 56.0 Å². The monoisotopic (exact) mass is 352 g/mol. The number of likely N-dealkylation sites (tertiary alicyclic amines) is 2. The number of hydrogen-bond acceptors (Lipinski definition) is 4. The molecular weight excluding hydrogens is 330 g/mol. The lowest BCUT2D eigenvalue weighted by Gasteiger charge is -2.33. The quantitative estimate of drug-likeness (QED) is 0.836. The summed E-state index contributed by atoms with van der Waals surface area (Å²) in [5, 5.41) is 0. The van der Waals surface area contributed by atoms with Crippen LogP contribution in [0.5, 0.6) is 11.5 Å². The van der Waals surface area contributed by atoms with Gasteiger partial charge in [0.15, 0.2) is 11.5 Å². The number of fused-ring (bicyclic) bond motifs is 1. The molecule has 0 N–H and O–H groups in total. The average Bonchev–Trinajstić information content (AvgIpc) is 3.10. The lowest BCUT2D eigenvalue weighted by atomic mass is 9.96. The Morgan fingerprint density at radius 3 is 2.60 bits per heavy atom. The molecule has 3 heterocycles. The Kier molecular flexibility index (Phi) is 4.27. The summed E-state index contributed by atoms with van der Waals surface area (Å²) in [7, 11) is 0. The Labute approximate surface area is 145 Å². The van der Waals surface area contributed by atoms with E-state index in [0.29, 0.717) is 24.8 Å². The predicted octanol–water partition coefficient (Wildman–Crippen LogP) is 2.84. The smallest absolute Gasteiger partial charge is 0.395 e. The van der Waals surface area contributed by atoms with Crippen molar-refractivity contribution >= 4 is 5.91 Å². The molecule has 0 aliphatic carbocycles. The summed E-state index contributed by atoms with van der Waals surface area (Å²) in [6.07, 6.45) is 0.244. The number of carbonyl (C=O) groups is 1. The van der Waals surface area contributed by atoms with E-state index < -0.39 is 6.29 Å². The minimum absolute atomic E-state index is 0.0859. The summed E-state index contributed by atoms with van der Waals surface area (Å²) in [5.74, 6) is 1.04. The first-order valence-electron chi connectivity index (χ1n) is 8.87. The van der Waals surface area contributed by atoms with Gasteiger partial charge in [-0.3, -0.25) is 9.69 Å². The molecule has 0 aromatic heterocycles. The Balaban J connectivity index is 1.28. The van der Waals surface area contributed by atoms with E-state index in [-0.39, 0.29) is 11.5 Å². The lowest BCUT2D eigenvalue weighted by molar-refractivity contribution is -0.286. The fourth-order valence-electron chi connectivity index (χ4n) is 3.89. The fraction of sp³-hybridized carbons (Fsp3) is 0.611. The number of hydrogen-bond donors (Lipinski definition) is 0. The van der Waals surface area contributed by atoms with Crippen molar-refractivity contribution in [3.05, 3.63) is 23.8 Å². The van der Waals surface area contributed by atoms with Crippen LogP contribution in [-0.4, -0.2) is 48.2 Å². The molecule has 7 heteroatoms. The van der Waals surface area contributed by atoms with Crippen LogP contribution >= 0.6 is 0 Å². The SMILES string of the molecule is O=C1CCCN1CC1CCN(Cc2ccc3c(c2)OC(F)(F)O3)CC1. The second kappa shape index (κ2) is 6.44. The topological polar surface area (TPSA) is 42.0 Å². The summed E-state index contributed by atoms with van der Waals surface area (Å²) < 4.78 is 35.1. The maximum absolute atomic E-state index is 13.1. The van der Waals surface area contributed by atoms with E-state index in [1.807, 2.05) is 4.90 Å². The third kappa shape index (κ3) is 3.71. The standard InChI is InChI=1S/C18H22F2N2O3/c19-18(20)24-15-4-3-14(10-16(15)25-18)11-21-8-5-13(6-9-21)12-22-7-1-2-17(22)23/h3-4,10,13H,1-2,5-9,11-12H2. The van der Waals surface area contributed by atoms with Crippen LogP contribution in [0, 0.1) is 5.92 Å². The first kappa shape index (κ1) is 16.6. The van der Waals surface area contributed by atoms with E-state index in [9.17, 15) is 13.6 Å². The van der Waals surface area contributed by atoms with Crippen LogP contribution in [0.4, 0.5) is 8.78 Å². The number of alkyl halides is 2. The van der Waals surface area contributed by atoms with Gasteiger partial charge >= 0.3 is 6.29 Å². The van der Waals surface area contributed by atoms with Gasteiger partial charge in [0.1, 0.15) is 0 Å². The predicted molar refractivity (Wildman–Crippen MR) is 86.5 cm³/mol. The number of halogens is 2. The number of ether oxygens (including phenoxy) is 2. The van der Waals surface area contributed by atoms with Gasteiger partial charge in [-0.2, -0.15) is 0 Å². The van der Waals surface area contributed by atoms with Gasteiger partial charge in [0, 0.05) is 26.1 Å². The maximum atomic E-state index is 13.1. The van der Waals surface area contributed by atoms with Crippen molar-refractivity contribution in [1.29, 1.82) is 0 Å². The number of piperidine rings is 1. The van der Waals surface area contributed by atoms with Crippen molar-refractivity contribution in [2.45, 2.75) is 38.5 Å². The minimum atomic E-state index is -3.56. The normalized spacial score (nSPS) is 23.4. The molecule has 3 aliphatic heterocycles. The Bertz CT molecular complexity index is 660. The maximum Gasteiger partial charge on any atom is 0.586 e. The van der Waals surface area contributed by atoms with E-state index in [0.717, 1.165) is 51.0 Å². The van der Waals surface area contributed by atoms with Crippen LogP contribution in [0.25, 0.3) is 0 Å². The highest BCUT2D eigenvalue weighted by Gasteiger charge is 2.43. The zero-order valence-corrected chi connectivity index (χ0v) is 14.0. The van der Waals surface area contributed by atoms with Crippen LogP contribution < -0.4 is 9.47 Å². The first-order chi connectivity index (χ1) is 12.0. The van der Waals surface area contributed by atoms with Crippen LogP contribution in [-0.2, 0) is 11.3 Å². The number of benzene rings is 1. The zero-order valence-electron chi connectivity index (χ0n) is 14.0. The van der Waals surface area contributed by atoms with E-state index in [1.54, 1.807) is 12.1 Å². The summed E-state index contributed by atoms with van der Waals surface area (Å²) in [6.45, 7) is 4.40. The summed E-state index contributed by atoms with van der Waals surface area (Å²) in [4.78, 5) is 16.0. The van der Waals surface area contributed by atoms with Gasteiger partial charge in [-0.25, -0.2) is 0 Å². The Morgan fingerprint density at radius 1 is 1.12 bits per heavy atom. The molecule has 2 saturated heterocycles. The average molecular weight is 352 g/mol. The number of carbonyl (C=O) groups excluding carboxylic acids is 1. The van der Waals surface area contributed by atoms with Crippen LogP contribution in [0.15, 0.2) is 18.2 Å². The molecule has 0 atom stereocenters. The van der Waals surface area contributed by atoms with Gasteiger partial charge in [-0.15, -0.1) is 8.78 Å². The van der Waals surface area contributed by atoms with Crippen molar-refractivity contribution in [2.24, 2.45) is 5.92 Å². The molecule has 4 rings (SSSR count). The van der Waals surface area contributed by atoms with Crippen molar-refractivity contribution in [2.75, 3.05) is 26.2 Å². The van der Waals surface area contributed by atoms with Gasteiger partial charge in [-0.1, -0.05) is 6.07 Å². The molecule has 0 saturated carbocycles. The fourth-order valence-corrected chi connectivity index (χ4v) is 3.89. The van der Waals surface area contributed by atoms with Gasteiger partial charge in [0.2, 0.25) is 5.91 Å². The summed E-state index contributed by atoms with van der Waals surface area (Å²) >= 11 is 0. The molecule has 1 amide bonds. The number of nitrogens with zero attached hydrogens (tertiary/aromatic N) is 2. The highest BCUT2D eigenvalue weighted by molar-refractivity contribution is 5.78. The van der Waals surface area contributed by atoms with E-state index in [2.05, 4.69) is 14.4 Å². The molecule has 1 aromatic carbocycles. The Hall–Kier alpha value is -1.89. The lowest BCUT2D eigenvalue weighted by Crippen LogP contribution is -2.38. The molecule has 1 aromatic rings. The summed E-state index contributed by atoms with van der Waals surface area (Å²) in [5.41, 5.74) is 0.938. The van der Waals surface area contributed by atoms with E-state index >= 15 is 0 Å². The first-order valence-corrected chi connectivity index (χ1v) is 8.87. The largest absolute Gasteiger partial charge is 0.586 e.